The van der Waals surface area contributed by atoms with Gasteiger partial charge in [0.25, 0.3) is 0 Å². The predicted molar refractivity (Wildman–Crippen MR) is 162 cm³/mol. The van der Waals surface area contributed by atoms with Gasteiger partial charge in [-0.1, -0.05) is 106 Å². The summed E-state index contributed by atoms with van der Waals surface area (Å²) < 4.78 is 0.168. The van der Waals surface area contributed by atoms with Crippen molar-refractivity contribution in [1.29, 1.82) is 0 Å². The summed E-state index contributed by atoms with van der Waals surface area (Å²) in [6, 6.07) is 31.2. The van der Waals surface area contributed by atoms with Crippen LogP contribution in [0.25, 0.3) is 21.5 Å². The molecule has 0 N–H and O–H groups in total. The number of hydrogen-bond donors (Lipinski definition) is 0. The summed E-state index contributed by atoms with van der Waals surface area (Å²) in [7, 11) is -0.703. The van der Waals surface area contributed by atoms with Crippen molar-refractivity contribution in [3.8, 4) is 0 Å². The van der Waals surface area contributed by atoms with E-state index < -0.39 is 7.92 Å². The van der Waals surface area contributed by atoms with Gasteiger partial charge >= 0.3 is 17.1 Å². The van der Waals surface area contributed by atoms with Crippen LogP contribution in [0.4, 0.5) is 0 Å². The third-order valence-electron chi connectivity index (χ3n) is 5.98. The molecule has 0 nitrogen and oxygen atoms in total. The first-order valence-corrected chi connectivity index (χ1v) is 14.5. The molecule has 0 heterocycles. The van der Waals surface area contributed by atoms with E-state index in [-0.39, 0.29) is 21.8 Å². The molecule has 3 heteroatoms. The monoisotopic (exact) mass is 558 g/mol. The third kappa shape index (κ3) is 7.02. The van der Waals surface area contributed by atoms with Crippen molar-refractivity contribution in [2.75, 3.05) is 0 Å². The Morgan fingerprint density at radius 1 is 0.541 bits per heavy atom. The molecule has 0 bridgehead atoms. The third-order valence-corrected chi connectivity index (χ3v) is 9.94. The van der Waals surface area contributed by atoms with Gasteiger partial charge in [-0.15, -0.1) is 11.8 Å². The SMILES string of the molecule is CC(C)(C)S[C]1[CH][CH][CH][C]1P(c1cccc2ccccc12)c1cccc2ccccc12.[CH]1[CH][CH][CH][CH]1.[Fe+2]. The van der Waals surface area contributed by atoms with Gasteiger partial charge in [0, 0.05) is 15.7 Å². The molecule has 0 amide bonds. The normalized spacial score (nSPS) is 16.6. The Bertz CT molecular complexity index is 1190. The second-order valence-electron chi connectivity index (χ2n) is 9.78. The summed E-state index contributed by atoms with van der Waals surface area (Å²) in [5.74, 6) is 0. The fraction of sp³-hybridized carbons (Fsp3) is 0.118. The summed E-state index contributed by atoms with van der Waals surface area (Å²) in [5.41, 5.74) is 1.46. The van der Waals surface area contributed by atoms with Crippen LogP contribution in [0, 0.1) is 62.3 Å². The van der Waals surface area contributed by atoms with Crippen LogP contribution in [0.1, 0.15) is 20.8 Å². The van der Waals surface area contributed by atoms with Gasteiger partial charge in [-0.05, 0) is 91.4 Å². The minimum Gasteiger partial charge on any atom is -0.146 e. The van der Waals surface area contributed by atoms with Crippen LogP contribution in [0.15, 0.2) is 84.9 Å². The summed E-state index contributed by atoms with van der Waals surface area (Å²) in [6.07, 6.45) is 16.9. The molecule has 0 aromatic heterocycles. The van der Waals surface area contributed by atoms with Crippen molar-refractivity contribution in [3.05, 3.63) is 147 Å². The number of benzene rings is 4. The Balaban J connectivity index is 0.000000479. The second-order valence-corrected chi connectivity index (χ2v) is 13.8. The fourth-order valence-corrected chi connectivity index (χ4v) is 8.57. The molecule has 2 saturated carbocycles. The molecule has 0 atom stereocenters. The van der Waals surface area contributed by atoms with E-state index in [9.17, 15) is 0 Å². The maximum Gasteiger partial charge on any atom is 2.00 e. The maximum absolute atomic E-state index is 2.35. The topological polar surface area (TPSA) is 0 Å². The Labute approximate surface area is 240 Å². The van der Waals surface area contributed by atoms with Crippen LogP contribution in [-0.2, 0) is 17.1 Å². The van der Waals surface area contributed by atoms with Gasteiger partial charge in [-0.3, -0.25) is 0 Å². The molecule has 0 saturated heterocycles. The zero-order valence-corrected chi connectivity index (χ0v) is 24.2. The molecular formula is C34H31FePS+2. The largest absolute Gasteiger partial charge is 2.00 e. The van der Waals surface area contributed by atoms with Crippen LogP contribution >= 0.6 is 19.7 Å². The molecule has 184 valence electrons. The average molecular weight is 559 g/mol. The molecule has 0 spiro atoms. The van der Waals surface area contributed by atoms with E-state index in [0.717, 1.165) is 0 Å². The first-order chi connectivity index (χ1) is 17.5. The minimum absolute atomic E-state index is 0. The van der Waals surface area contributed by atoms with Gasteiger partial charge in [0.1, 0.15) is 0 Å². The van der Waals surface area contributed by atoms with Crippen LogP contribution in [0.3, 0.4) is 0 Å². The zero-order valence-electron chi connectivity index (χ0n) is 21.4. The van der Waals surface area contributed by atoms with E-state index >= 15 is 0 Å². The van der Waals surface area contributed by atoms with Crippen molar-refractivity contribution in [2.45, 2.75) is 25.5 Å². The average Bonchev–Trinajstić information content (AvgIpc) is 3.60. The van der Waals surface area contributed by atoms with Gasteiger partial charge in [-0.25, -0.2) is 0 Å². The first kappa shape index (κ1) is 28.7. The van der Waals surface area contributed by atoms with Gasteiger partial charge < -0.3 is 0 Å². The van der Waals surface area contributed by atoms with E-state index in [2.05, 4.69) is 125 Å². The van der Waals surface area contributed by atoms with Gasteiger partial charge in [-0.2, -0.15) is 0 Å². The van der Waals surface area contributed by atoms with Gasteiger partial charge in [0.2, 0.25) is 0 Å². The molecule has 6 rings (SSSR count). The fourth-order valence-electron chi connectivity index (χ4n) is 4.51. The van der Waals surface area contributed by atoms with E-state index in [4.69, 9.17) is 0 Å². The maximum atomic E-state index is 2.35. The summed E-state index contributed by atoms with van der Waals surface area (Å²) >= 11 is 1.98. The van der Waals surface area contributed by atoms with Crippen molar-refractivity contribution >= 4 is 51.8 Å². The molecule has 2 aliphatic rings. The predicted octanol–water partition coefficient (Wildman–Crippen LogP) is 8.67. The van der Waals surface area contributed by atoms with Crippen LogP contribution in [0.2, 0.25) is 0 Å². The molecular weight excluding hydrogens is 527 g/mol. The smallest absolute Gasteiger partial charge is 0.146 e. The van der Waals surface area contributed by atoms with Gasteiger partial charge in [0.15, 0.2) is 0 Å². The van der Waals surface area contributed by atoms with Crippen molar-refractivity contribution < 1.29 is 17.1 Å². The van der Waals surface area contributed by atoms with E-state index in [1.807, 2.05) is 43.9 Å². The number of thioether (sulfide) groups is 1. The molecule has 2 aliphatic carbocycles. The summed E-state index contributed by atoms with van der Waals surface area (Å²) in [6.45, 7) is 6.89. The zero-order chi connectivity index (χ0) is 25.0. The Kier molecular flexibility index (Phi) is 10.2. The molecule has 2 fully saturated rings. The first-order valence-electron chi connectivity index (χ1n) is 12.4. The molecule has 0 aliphatic heterocycles. The number of hydrogen-bond acceptors (Lipinski definition) is 1. The molecule has 37 heavy (non-hydrogen) atoms. The molecule has 4 aromatic rings. The van der Waals surface area contributed by atoms with E-state index in [1.165, 1.54) is 43.1 Å². The molecule has 10 radical (unpaired) electrons. The Morgan fingerprint density at radius 3 is 1.49 bits per heavy atom. The summed E-state index contributed by atoms with van der Waals surface area (Å²) in [5, 5.41) is 9.61. The van der Waals surface area contributed by atoms with Crippen LogP contribution < -0.4 is 10.6 Å². The van der Waals surface area contributed by atoms with E-state index in [1.54, 1.807) is 0 Å². The van der Waals surface area contributed by atoms with Crippen LogP contribution in [-0.4, -0.2) is 4.75 Å². The number of fused-ring (bicyclic) bond motifs is 2. The second kappa shape index (κ2) is 13.2. The van der Waals surface area contributed by atoms with E-state index in [0.29, 0.717) is 0 Å². The minimum atomic E-state index is -0.703. The Hall–Kier alpha value is -1.30. The van der Waals surface area contributed by atoms with Crippen molar-refractivity contribution in [1.82, 2.24) is 0 Å². The Morgan fingerprint density at radius 2 is 1.00 bits per heavy atom. The van der Waals surface area contributed by atoms with Crippen molar-refractivity contribution in [3.63, 3.8) is 0 Å². The molecule has 4 aromatic carbocycles. The number of rotatable bonds is 4. The molecule has 0 unspecified atom stereocenters. The summed E-state index contributed by atoms with van der Waals surface area (Å²) in [4.78, 5) is 0. The van der Waals surface area contributed by atoms with Crippen LogP contribution in [0.5, 0.6) is 0 Å². The standard InChI is InChI=1S/C29H26PS.C5H5.Fe/c1-29(2,3)31-28-20-10-19-27(28)30(25-17-8-13-21-11-4-6-15-23(21)25)26-18-9-14-22-12-5-7-16-24(22)26;1-2-4-5-3-1;/h4-20H,1-3H3;1-5H;/q;;+2. The quantitative estimate of drug-likeness (QED) is 0.178. The van der Waals surface area contributed by atoms with Gasteiger partial charge in [0.05, 0.1) is 0 Å². The van der Waals surface area contributed by atoms with Crippen molar-refractivity contribution in [2.24, 2.45) is 0 Å².